The number of aromatic nitrogens is 1. The maximum Gasteiger partial charge on any atom is 0.256 e. The summed E-state index contributed by atoms with van der Waals surface area (Å²) in [4.78, 5) is 18.6. The van der Waals surface area contributed by atoms with Crippen molar-refractivity contribution in [2.24, 2.45) is 5.73 Å². The number of likely N-dealkylation sites (tertiary alicyclic amines) is 1. The molecule has 1 aliphatic heterocycles. The summed E-state index contributed by atoms with van der Waals surface area (Å²) in [5.74, 6) is -0.444. The second kappa shape index (κ2) is 9.29. The second-order valence-electron chi connectivity index (χ2n) is 6.16. The zero-order valence-electron chi connectivity index (χ0n) is 15.6. The van der Waals surface area contributed by atoms with Gasteiger partial charge in [-0.1, -0.05) is 19.9 Å². The number of anilines is 2. The van der Waals surface area contributed by atoms with E-state index in [0.717, 1.165) is 18.4 Å². The monoisotopic (exact) mass is 358 g/mol. The molecule has 3 N–H and O–H groups in total. The van der Waals surface area contributed by atoms with Crippen molar-refractivity contribution in [2.75, 3.05) is 18.4 Å². The molecule has 0 atom stereocenters. The molecule has 6 heteroatoms. The lowest BCUT2D eigenvalue weighted by atomic mass is 10.0. The highest BCUT2D eigenvalue weighted by Gasteiger charge is 2.23. The number of carbonyl (C=O) groups is 1. The minimum atomic E-state index is -0.360. The van der Waals surface area contributed by atoms with Gasteiger partial charge in [-0.2, -0.15) is 0 Å². The van der Waals surface area contributed by atoms with E-state index in [1.54, 1.807) is 29.4 Å². The third kappa shape index (κ3) is 4.79. The number of aryl methyl sites for hydroxylation is 1. The van der Waals surface area contributed by atoms with Crippen LogP contribution >= 0.6 is 0 Å². The number of rotatable bonds is 3. The number of hydrogen-bond donors (Lipinski definition) is 2. The van der Waals surface area contributed by atoms with E-state index in [1.807, 2.05) is 26.8 Å². The Kier molecular flexibility index (Phi) is 7.09. The fourth-order valence-corrected chi connectivity index (χ4v) is 2.82. The first-order valence-corrected chi connectivity index (χ1v) is 9.06. The zero-order chi connectivity index (χ0) is 19.1. The number of benzene rings is 1. The predicted molar refractivity (Wildman–Crippen MR) is 103 cm³/mol. The molecule has 1 aromatic carbocycles. The summed E-state index contributed by atoms with van der Waals surface area (Å²) in [5, 5.41) is 2.99. The van der Waals surface area contributed by atoms with Gasteiger partial charge >= 0.3 is 0 Å². The molecule has 3 rings (SSSR count). The molecular weight excluding hydrogens is 331 g/mol. The molecule has 0 saturated carbocycles. The van der Waals surface area contributed by atoms with Crippen LogP contribution in [0, 0.1) is 12.7 Å². The van der Waals surface area contributed by atoms with E-state index in [1.165, 1.54) is 6.07 Å². The molecule has 1 aromatic heterocycles. The zero-order valence-corrected chi connectivity index (χ0v) is 15.6. The van der Waals surface area contributed by atoms with E-state index in [9.17, 15) is 9.18 Å². The highest BCUT2D eigenvalue weighted by atomic mass is 19.1. The highest BCUT2D eigenvalue weighted by Crippen LogP contribution is 2.25. The Labute approximate surface area is 154 Å². The van der Waals surface area contributed by atoms with E-state index in [2.05, 4.69) is 10.3 Å². The second-order valence-corrected chi connectivity index (χ2v) is 6.16. The molecule has 2 heterocycles. The number of hydrogen-bond acceptors (Lipinski definition) is 4. The first-order valence-electron chi connectivity index (χ1n) is 9.06. The van der Waals surface area contributed by atoms with Crippen LogP contribution in [0.1, 0.15) is 42.6 Å². The topological polar surface area (TPSA) is 71.2 Å². The van der Waals surface area contributed by atoms with Crippen molar-refractivity contribution in [3.63, 3.8) is 0 Å². The van der Waals surface area contributed by atoms with E-state index in [4.69, 9.17) is 5.73 Å². The number of piperidine rings is 1. The number of nitrogens with two attached hydrogens (primary N) is 1. The van der Waals surface area contributed by atoms with E-state index >= 15 is 0 Å². The van der Waals surface area contributed by atoms with Gasteiger partial charge in [0.15, 0.2) is 0 Å². The third-order valence-electron chi connectivity index (χ3n) is 4.27. The van der Waals surface area contributed by atoms with Crippen molar-refractivity contribution in [1.82, 2.24) is 9.88 Å². The minimum absolute atomic E-state index is 0.0840. The van der Waals surface area contributed by atoms with E-state index in [-0.39, 0.29) is 17.8 Å². The van der Waals surface area contributed by atoms with Crippen molar-refractivity contribution >= 4 is 17.3 Å². The van der Waals surface area contributed by atoms with Gasteiger partial charge in [0, 0.05) is 25.3 Å². The molecule has 1 fully saturated rings. The molecule has 0 radical (unpaired) electrons. The Morgan fingerprint density at radius 3 is 2.58 bits per heavy atom. The lowest BCUT2D eigenvalue weighted by Gasteiger charge is -2.30. The average Bonchev–Trinajstić information content (AvgIpc) is 2.66. The standard InChI is InChI=1S/C18H21FN4O.C2H6/c1-12-2-3-16(15(19)10-12)22-17-11-21-7-4-14(17)18(24)23-8-5-13(20)6-9-23;1-2/h2-4,7,10-11,13,22H,5-6,8-9,20H2,1H3;1-2H3. The molecule has 140 valence electrons. The van der Waals surface area contributed by atoms with Crippen LogP contribution in [0.5, 0.6) is 0 Å². The average molecular weight is 358 g/mol. The normalized spacial score (nSPS) is 14.4. The maximum atomic E-state index is 14.1. The van der Waals surface area contributed by atoms with Crippen LogP contribution in [-0.2, 0) is 0 Å². The molecular formula is C20H27FN4O. The number of carbonyl (C=O) groups excluding carboxylic acids is 1. The summed E-state index contributed by atoms with van der Waals surface area (Å²) in [7, 11) is 0. The number of nitrogens with zero attached hydrogens (tertiary/aromatic N) is 2. The lowest BCUT2D eigenvalue weighted by Crippen LogP contribution is -2.43. The Morgan fingerprint density at radius 2 is 1.92 bits per heavy atom. The quantitative estimate of drug-likeness (QED) is 0.874. The molecule has 1 saturated heterocycles. The molecule has 0 unspecified atom stereocenters. The fourth-order valence-electron chi connectivity index (χ4n) is 2.82. The summed E-state index contributed by atoms with van der Waals surface area (Å²) < 4.78 is 14.1. The van der Waals surface area contributed by atoms with E-state index in [0.29, 0.717) is 30.0 Å². The van der Waals surface area contributed by atoms with Crippen LogP contribution in [0.25, 0.3) is 0 Å². The molecule has 1 aliphatic rings. The maximum absolute atomic E-state index is 14.1. The van der Waals surface area contributed by atoms with Crippen molar-refractivity contribution in [3.8, 4) is 0 Å². The summed E-state index contributed by atoms with van der Waals surface area (Å²) in [5.41, 5.74) is 8.04. The smallest absolute Gasteiger partial charge is 0.256 e. The Morgan fingerprint density at radius 1 is 1.23 bits per heavy atom. The third-order valence-corrected chi connectivity index (χ3v) is 4.27. The molecule has 26 heavy (non-hydrogen) atoms. The molecule has 5 nitrogen and oxygen atoms in total. The molecule has 0 bridgehead atoms. The van der Waals surface area contributed by atoms with Crippen molar-refractivity contribution in [2.45, 2.75) is 39.7 Å². The summed E-state index contributed by atoms with van der Waals surface area (Å²) in [6, 6.07) is 6.74. The Bertz CT molecular complexity index is 742. The van der Waals surface area contributed by atoms with Gasteiger partial charge in [0.05, 0.1) is 23.1 Å². The van der Waals surface area contributed by atoms with Crippen LogP contribution in [0.3, 0.4) is 0 Å². The van der Waals surface area contributed by atoms with Crippen molar-refractivity contribution in [1.29, 1.82) is 0 Å². The summed E-state index contributed by atoms with van der Waals surface area (Å²) >= 11 is 0. The van der Waals surface area contributed by atoms with Gasteiger partial charge in [0.1, 0.15) is 5.82 Å². The number of pyridine rings is 1. The number of nitrogens with one attached hydrogen (secondary N) is 1. The van der Waals surface area contributed by atoms with Crippen LogP contribution in [-0.4, -0.2) is 34.9 Å². The first kappa shape index (κ1) is 19.8. The first-order chi connectivity index (χ1) is 12.5. The number of halogens is 1. The minimum Gasteiger partial charge on any atom is -0.351 e. The summed E-state index contributed by atoms with van der Waals surface area (Å²) in [6.45, 7) is 7.11. The van der Waals surface area contributed by atoms with Gasteiger partial charge in [0.25, 0.3) is 5.91 Å². The lowest BCUT2D eigenvalue weighted by molar-refractivity contribution is 0.0715. The SMILES string of the molecule is CC.Cc1ccc(Nc2cnccc2C(=O)N2CCC(N)CC2)c(F)c1. The van der Waals surface area contributed by atoms with Crippen LogP contribution in [0.2, 0.25) is 0 Å². The van der Waals surface area contributed by atoms with E-state index < -0.39 is 0 Å². The van der Waals surface area contributed by atoms with Gasteiger partial charge in [-0.25, -0.2) is 4.39 Å². The van der Waals surface area contributed by atoms with Crippen LogP contribution in [0.15, 0.2) is 36.7 Å². The van der Waals surface area contributed by atoms with Gasteiger partial charge in [0.2, 0.25) is 0 Å². The van der Waals surface area contributed by atoms with Gasteiger partial charge in [-0.3, -0.25) is 9.78 Å². The predicted octanol–water partition coefficient (Wildman–Crippen LogP) is 3.86. The number of amides is 1. The molecule has 1 amide bonds. The fraction of sp³-hybridized carbons (Fsp3) is 0.400. The van der Waals surface area contributed by atoms with Gasteiger partial charge in [-0.15, -0.1) is 0 Å². The summed E-state index contributed by atoms with van der Waals surface area (Å²) in [6.07, 6.45) is 4.71. The van der Waals surface area contributed by atoms with Crippen LogP contribution < -0.4 is 11.1 Å². The van der Waals surface area contributed by atoms with Crippen LogP contribution in [0.4, 0.5) is 15.8 Å². The molecule has 2 aromatic rings. The van der Waals surface area contributed by atoms with Gasteiger partial charge in [-0.05, 0) is 43.5 Å². The molecule has 0 aliphatic carbocycles. The Hall–Kier alpha value is -2.47. The Balaban J connectivity index is 0.00000117. The van der Waals surface area contributed by atoms with Crippen molar-refractivity contribution in [3.05, 3.63) is 53.6 Å². The molecule has 0 spiro atoms. The van der Waals surface area contributed by atoms with Gasteiger partial charge < -0.3 is 16.0 Å². The largest absolute Gasteiger partial charge is 0.351 e. The van der Waals surface area contributed by atoms with Crippen molar-refractivity contribution < 1.29 is 9.18 Å². The highest BCUT2D eigenvalue weighted by molar-refractivity contribution is 6.00.